The van der Waals surface area contributed by atoms with Crippen LogP contribution in [0.25, 0.3) is 0 Å². The molecule has 0 aliphatic carbocycles. The first-order valence-electron chi connectivity index (χ1n) is 9.93. The Balaban J connectivity index is 1.44. The molecule has 0 spiro atoms. The van der Waals surface area contributed by atoms with Gasteiger partial charge < -0.3 is 9.64 Å². The number of hydrogen-bond acceptors (Lipinski definition) is 6. The molecule has 10 heteroatoms. The van der Waals surface area contributed by atoms with Gasteiger partial charge in [0.05, 0.1) is 18.0 Å². The zero-order valence-electron chi connectivity index (χ0n) is 16.8. The highest BCUT2D eigenvalue weighted by atomic mass is 32.2. The summed E-state index contributed by atoms with van der Waals surface area (Å²) in [7, 11) is 0.282. The standard InChI is InChI=1S/C19H27N5O4S/c1-22(2)10-11-24-19(25)23-9-7-15(3-6-18(23)20-24)21-29(26,27)16-4-5-17-14(13-16)8-12-28-17/h4-5,13,15,21H,3,6-12H2,1-2H3. The van der Waals surface area contributed by atoms with Crippen molar-refractivity contribution in [1.82, 2.24) is 24.0 Å². The van der Waals surface area contributed by atoms with Gasteiger partial charge in [-0.15, -0.1) is 0 Å². The van der Waals surface area contributed by atoms with Crippen molar-refractivity contribution in [3.05, 3.63) is 40.1 Å². The van der Waals surface area contributed by atoms with E-state index in [0.29, 0.717) is 39.0 Å². The number of nitrogens with one attached hydrogen (secondary N) is 1. The number of benzene rings is 1. The van der Waals surface area contributed by atoms with Crippen molar-refractivity contribution in [3.8, 4) is 5.75 Å². The highest BCUT2D eigenvalue weighted by Gasteiger charge is 2.26. The van der Waals surface area contributed by atoms with Gasteiger partial charge in [0, 0.05) is 32.0 Å². The second kappa shape index (κ2) is 7.92. The second-order valence-corrected chi connectivity index (χ2v) is 9.60. The van der Waals surface area contributed by atoms with E-state index in [1.165, 1.54) is 4.68 Å². The van der Waals surface area contributed by atoms with Crippen LogP contribution in [-0.4, -0.2) is 61.0 Å². The van der Waals surface area contributed by atoms with Crippen LogP contribution in [0.5, 0.6) is 5.75 Å². The lowest BCUT2D eigenvalue weighted by atomic mass is 10.1. The first kappa shape index (κ1) is 20.1. The Labute approximate surface area is 170 Å². The largest absolute Gasteiger partial charge is 0.493 e. The molecule has 2 aromatic rings. The Morgan fingerprint density at radius 3 is 2.90 bits per heavy atom. The Kier molecular flexibility index (Phi) is 5.50. The quantitative estimate of drug-likeness (QED) is 0.717. The topological polar surface area (TPSA) is 98.5 Å². The molecule has 0 radical (unpaired) electrons. The van der Waals surface area contributed by atoms with Gasteiger partial charge in [0.2, 0.25) is 10.0 Å². The van der Waals surface area contributed by atoms with Crippen LogP contribution in [0.1, 0.15) is 24.2 Å². The third-order valence-electron chi connectivity index (χ3n) is 5.47. The SMILES string of the molecule is CN(C)CCn1nc2n(c1=O)CCC(NS(=O)(=O)c1ccc3c(c1)CCO3)CC2. The average Bonchev–Trinajstić information content (AvgIpc) is 3.20. The lowest BCUT2D eigenvalue weighted by Gasteiger charge is -2.16. The number of hydrogen-bond donors (Lipinski definition) is 1. The van der Waals surface area contributed by atoms with E-state index < -0.39 is 10.0 Å². The molecule has 1 atom stereocenters. The fourth-order valence-corrected chi connectivity index (χ4v) is 5.16. The average molecular weight is 422 g/mol. The summed E-state index contributed by atoms with van der Waals surface area (Å²) in [4.78, 5) is 14.9. The highest BCUT2D eigenvalue weighted by molar-refractivity contribution is 7.89. The van der Waals surface area contributed by atoms with Gasteiger partial charge in [0.15, 0.2) is 0 Å². The van der Waals surface area contributed by atoms with Crippen molar-refractivity contribution in [2.75, 3.05) is 27.2 Å². The van der Waals surface area contributed by atoms with Gasteiger partial charge in [-0.3, -0.25) is 4.57 Å². The van der Waals surface area contributed by atoms with E-state index in [1.807, 2.05) is 19.0 Å². The molecule has 1 aromatic heterocycles. The Bertz CT molecular complexity index is 1060. The van der Waals surface area contributed by atoms with Gasteiger partial charge >= 0.3 is 5.69 Å². The number of sulfonamides is 1. The molecule has 0 saturated carbocycles. The molecule has 1 aromatic carbocycles. The molecule has 2 aliphatic rings. The number of fused-ring (bicyclic) bond motifs is 2. The molecule has 0 saturated heterocycles. The lowest BCUT2D eigenvalue weighted by Crippen LogP contribution is -2.36. The minimum Gasteiger partial charge on any atom is -0.493 e. The number of aromatic nitrogens is 3. The number of rotatable bonds is 6. The molecular weight excluding hydrogens is 394 g/mol. The summed E-state index contributed by atoms with van der Waals surface area (Å²) in [5.41, 5.74) is 0.802. The van der Waals surface area contributed by atoms with E-state index in [4.69, 9.17) is 4.74 Å². The van der Waals surface area contributed by atoms with Gasteiger partial charge in [-0.2, -0.15) is 5.10 Å². The fraction of sp³-hybridized carbons (Fsp3) is 0.579. The molecule has 1 N–H and O–H groups in total. The predicted octanol–water partition coefficient (Wildman–Crippen LogP) is 0.225. The Morgan fingerprint density at radius 2 is 2.10 bits per heavy atom. The summed E-state index contributed by atoms with van der Waals surface area (Å²) in [6.07, 6.45) is 2.45. The van der Waals surface area contributed by atoms with E-state index in [9.17, 15) is 13.2 Å². The lowest BCUT2D eigenvalue weighted by molar-refractivity contribution is 0.356. The van der Waals surface area contributed by atoms with Crippen molar-refractivity contribution in [2.24, 2.45) is 0 Å². The molecule has 3 heterocycles. The summed E-state index contributed by atoms with van der Waals surface area (Å²) in [5.74, 6) is 1.49. The molecular formula is C19H27N5O4S. The van der Waals surface area contributed by atoms with Crippen LogP contribution in [-0.2, 0) is 36.0 Å². The van der Waals surface area contributed by atoms with Gasteiger partial charge in [-0.25, -0.2) is 22.6 Å². The Morgan fingerprint density at radius 1 is 1.28 bits per heavy atom. The maximum atomic E-state index is 12.8. The minimum absolute atomic E-state index is 0.121. The van der Waals surface area contributed by atoms with E-state index >= 15 is 0 Å². The smallest absolute Gasteiger partial charge is 0.345 e. The van der Waals surface area contributed by atoms with Crippen molar-refractivity contribution in [1.29, 1.82) is 0 Å². The fourth-order valence-electron chi connectivity index (χ4n) is 3.80. The maximum absolute atomic E-state index is 12.8. The Hall–Kier alpha value is -2.17. The monoisotopic (exact) mass is 421 g/mol. The van der Waals surface area contributed by atoms with Crippen molar-refractivity contribution in [2.45, 2.75) is 49.7 Å². The third-order valence-corrected chi connectivity index (χ3v) is 6.99. The van der Waals surface area contributed by atoms with Crippen LogP contribution in [0.3, 0.4) is 0 Å². The van der Waals surface area contributed by atoms with Crippen LogP contribution in [0.2, 0.25) is 0 Å². The van der Waals surface area contributed by atoms with Gasteiger partial charge in [-0.05, 0) is 50.7 Å². The summed E-state index contributed by atoms with van der Waals surface area (Å²) in [5, 5.41) is 4.46. The van der Waals surface area contributed by atoms with Crippen LogP contribution in [0.15, 0.2) is 27.9 Å². The summed E-state index contributed by atoms with van der Waals surface area (Å²) >= 11 is 0. The number of likely N-dealkylation sites (N-methyl/N-ethyl adjacent to an activating group) is 1. The van der Waals surface area contributed by atoms with Crippen LogP contribution < -0.4 is 15.1 Å². The first-order valence-corrected chi connectivity index (χ1v) is 11.4. The zero-order valence-corrected chi connectivity index (χ0v) is 17.6. The van der Waals surface area contributed by atoms with Crippen molar-refractivity contribution in [3.63, 3.8) is 0 Å². The zero-order chi connectivity index (χ0) is 20.6. The van der Waals surface area contributed by atoms with E-state index in [2.05, 4.69) is 9.82 Å². The van der Waals surface area contributed by atoms with E-state index in [-0.39, 0.29) is 16.6 Å². The minimum atomic E-state index is -3.63. The molecule has 4 rings (SSSR count). The normalized spacial score (nSPS) is 18.9. The molecule has 158 valence electrons. The van der Waals surface area contributed by atoms with Gasteiger partial charge in [0.1, 0.15) is 11.6 Å². The van der Waals surface area contributed by atoms with Crippen molar-refractivity contribution >= 4 is 10.0 Å². The van der Waals surface area contributed by atoms with Crippen LogP contribution >= 0.6 is 0 Å². The predicted molar refractivity (Wildman–Crippen MR) is 108 cm³/mol. The molecule has 1 unspecified atom stereocenters. The number of aryl methyl sites for hydroxylation is 1. The number of ether oxygens (including phenoxy) is 1. The molecule has 29 heavy (non-hydrogen) atoms. The van der Waals surface area contributed by atoms with Crippen LogP contribution in [0, 0.1) is 0 Å². The molecule has 2 aliphatic heterocycles. The second-order valence-electron chi connectivity index (χ2n) is 7.89. The van der Waals surface area contributed by atoms with E-state index in [1.54, 1.807) is 22.8 Å². The maximum Gasteiger partial charge on any atom is 0.345 e. The third kappa shape index (κ3) is 4.24. The summed E-state index contributed by atoms with van der Waals surface area (Å²) < 4.78 is 37.1. The molecule has 0 bridgehead atoms. The molecule has 9 nitrogen and oxygen atoms in total. The number of nitrogens with zero attached hydrogens (tertiary/aromatic N) is 4. The van der Waals surface area contributed by atoms with Crippen molar-refractivity contribution < 1.29 is 13.2 Å². The van der Waals surface area contributed by atoms with E-state index in [0.717, 1.165) is 30.1 Å². The van der Waals surface area contributed by atoms with Gasteiger partial charge in [0.25, 0.3) is 0 Å². The molecule has 0 amide bonds. The highest BCUT2D eigenvalue weighted by Crippen LogP contribution is 2.28. The summed E-state index contributed by atoms with van der Waals surface area (Å²) in [6.45, 7) is 2.34. The first-order chi connectivity index (χ1) is 13.8. The van der Waals surface area contributed by atoms with Crippen LogP contribution in [0.4, 0.5) is 0 Å². The molecule has 0 fully saturated rings. The summed E-state index contributed by atoms with van der Waals surface area (Å²) in [6, 6.07) is 4.75. The van der Waals surface area contributed by atoms with Gasteiger partial charge in [-0.1, -0.05) is 0 Å².